The summed E-state index contributed by atoms with van der Waals surface area (Å²) in [4.78, 5) is 54.6. The van der Waals surface area contributed by atoms with Crippen LogP contribution in [0.2, 0.25) is 10.0 Å². The molecule has 0 saturated carbocycles. The van der Waals surface area contributed by atoms with Gasteiger partial charge in [-0.1, -0.05) is 23.2 Å². The van der Waals surface area contributed by atoms with Gasteiger partial charge in [0.2, 0.25) is 0 Å². The molecule has 0 N–H and O–H groups in total. The number of benzene rings is 2. The number of carbonyl (C=O) groups excluding carboxylic acids is 4. The molecule has 0 aromatic heterocycles. The fraction of sp³-hybridized carbons (Fsp3) is 0.136. The van der Waals surface area contributed by atoms with Crippen LogP contribution < -0.4 is 4.90 Å². The number of methoxy groups -OCH3 is 1. The number of esters is 2. The van der Waals surface area contributed by atoms with E-state index in [1.165, 1.54) is 49.6 Å². The van der Waals surface area contributed by atoms with Gasteiger partial charge in [-0.15, -0.1) is 0 Å². The third-order valence-electron chi connectivity index (χ3n) is 4.25. The maximum atomic E-state index is 13.0. The maximum Gasteiger partial charge on any atom is 0.338 e. The summed E-state index contributed by atoms with van der Waals surface area (Å²) in [5.41, 5.74) is 0.694. The Labute approximate surface area is 203 Å². The molecular weight excluding hydrogens is 491 g/mol. The molecule has 1 heterocycles. The number of nitrogens with zero attached hydrogens (tertiary/aromatic N) is 2. The number of ether oxygens (including phenoxy) is 2. The van der Waals surface area contributed by atoms with Crippen LogP contribution in [0, 0.1) is 0 Å². The lowest BCUT2D eigenvalue weighted by atomic mass is 10.2. The summed E-state index contributed by atoms with van der Waals surface area (Å²) in [6, 6.07) is 10.3. The highest BCUT2D eigenvalue weighted by atomic mass is 35.5. The van der Waals surface area contributed by atoms with Crippen molar-refractivity contribution in [2.45, 2.75) is 6.92 Å². The summed E-state index contributed by atoms with van der Waals surface area (Å²) in [6.45, 7) is 1.91. The maximum absolute atomic E-state index is 13.0. The Morgan fingerprint density at radius 2 is 1.82 bits per heavy atom. The molecule has 1 aliphatic heterocycles. The van der Waals surface area contributed by atoms with E-state index in [1.54, 1.807) is 6.92 Å². The van der Waals surface area contributed by atoms with Gasteiger partial charge in [0.05, 0.1) is 40.5 Å². The number of hydrogen-bond acceptors (Lipinski definition) is 7. The molecule has 2 aromatic rings. The van der Waals surface area contributed by atoms with Gasteiger partial charge in [0.15, 0.2) is 5.17 Å². The van der Waals surface area contributed by atoms with Crippen molar-refractivity contribution in [2.24, 2.45) is 4.99 Å². The van der Waals surface area contributed by atoms with E-state index in [0.29, 0.717) is 10.7 Å². The number of amidine groups is 1. The third-order valence-corrected chi connectivity index (χ3v) is 5.77. The summed E-state index contributed by atoms with van der Waals surface area (Å²) in [6.07, 6.45) is 1.01. The zero-order valence-corrected chi connectivity index (χ0v) is 19.7. The van der Waals surface area contributed by atoms with E-state index in [-0.39, 0.29) is 32.8 Å². The zero-order valence-electron chi connectivity index (χ0n) is 17.3. The minimum Gasteiger partial charge on any atom is -0.466 e. The second kappa shape index (κ2) is 10.7. The van der Waals surface area contributed by atoms with E-state index in [9.17, 15) is 19.2 Å². The molecule has 0 radical (unpaired) electrons. The molecule has 0 unspecified atom stereocenters. The summed E-state index contributed by atoms with van der Waals surface area (Å²) in [5, 5.41) is 0.443. The Morgan fingerprint density at radius 1 is 1.12 bits per heavy atom. The van der Waals surface area contributed by atoms with Gasteiger partial charge in [-0.25, -0.2) is 9.59 Å². The smallest absolute Gasteiger partial charge is 0.338 e. The number of thioether (sulfide) groups is 1. The molecule has 1 aliphatic rings. The van der Waals surface area contributed by atoms with E-state index in [1.807, 2.05) is 0 Å². The number of carbonyl (C=O) groups is 4. The first kappa shape index (κ1) is 24.5. The van der Waals surface area contributed by atoms with Crippen LogP contribution in [-0.2, 0) is 19.1 Å². The predicted molar refractivity (Wildman–Crippen MR) is 126 cm³/mol. The number of anilines is 1. The van der Waals surface area contributed by atoms with Crippen molar-refractivity contribution in [3.05, 3.63) is 74.6 Å². The summed E-state index contributed by atoms with van der Waals surface area (Å²) < 4.78 is 9.55. The number of rotatable bonds is 5. The minimum atomic E-state index is -0.739. The first-order chi connectivity index (χ1) is 15.7. The fourth-order valence-corrected chi connectivity index (χ4v) is 4.14. The molecule has 33 heavy (non-hydrogen) atoms. The largest absolute Gasteiger partial charge is 0.466 e. The molecule has 8 nitrogen and oxygen atoms in total. The van der Waals surface area contributed by atoms with Gasteiger partial charge in [-0.05, 0) is 61.2 Å². The van der Waals surface area contributed by atoms with Gasteiger partial charge >= 0.3 is 11.9 Å². The van der Waals surface area contributed by atoms with Crippen molar-refractivity contribution in [1.82, 2.24) is 0 Å². The molecule has 11 heteroatoms. The van der Waals surface area contributed by atoms with Gasteiger partial charge in [0.25, 0.3) is 11.8 Å². The van der Waals surface area contributed by atoms with Crippen LogP contribution in [0.4, 0.5) is 5.69 Å². The van der Waals surface area contributed by atoms with Crippen LogP contribution in [0.25, 0.3) is 0 Å². The summed E-state index contributed by atoms with van der Waals surface area (Å²) >= 11 is 12.8. The first-order valence-corrected chi connectivity index (χ1v) is 11.0. The number of amides is 2. The van der Waals surface area contributed by atoms with E-state index in [4.69, 9.17) is 27.9 Å². The molecular formula is C22H16Cl2N2O6S. The second-order valence-corrected chi connectivity index (χ2v) is 8.22. The van der Waals surface area contributed by atoms with Crippen molar-refractivity contribution in [3.8, 4) is 0 Å². The lowest BCUT2D eigenvalue weighted by Gasteiger charge is -2.16. The highest BCUT2D eigenvalue weighted by Gasteiger charge is 2.36. The lowest BCUT2D eigenvalue weighted by Crippen LogP contribution is -2.29. The average molecular weight is 507 g/mol. The van der Waals surface area contributed by atoms with Crippen molar-refractivity contribution < 1.29 is 28.7 Å². The van der Waals surface area contributed by atoms with E-state index >= 15 is 0 Å². The van der Waals surface area contributed by atoms with Crippen molar-refractivity contribution in [1.29, 1.82) is 0 Å². The molecule has 2 amide bonds. The van der Waals surface area contributed by atoms with Crippen LogP contribution in [0.1, 0.15) is 27.6 Å². The highest BCUT2D eigenvalue weighted by Crippen LogP contribution is 2.35. The topological polar surface area (TPSA) is 102 Å². The third kappa shape index (κ3) is 5.62. The first-order valence-electron chi connectivity index (χ1n) is 9.42. The Kier molecular flexibility index (Phi) is 7.91. The Bertz CT molecular complexity index is 1190. The highest BCUT2D eigenvalue weighted by molar-refractivity contribution is 8.19. The predicted octanol–water partition coefficient (Wildman–Crippen LogP) is 4.50. The van der Waals surface area contributed by atoms with Gasteiger partial charge in [0, 0.05) is 11.1 Å². The number of aliphatic imine (C=N–C) groups is 1. The van der Waals surface area contributed by atoms with E-state index in [2.05, 4.69) is 9.73 Å². The van der Waals surface area contributed by atoms with Gasteiger partial charge in [-0.2, -0.15) is 4.99 Å². The Morgan fingerprint density at radius 3 is 2.42 bits per heavy atom. The lowest BCUT2D eigenvalue weighted by molar-refractivity contribution is -0.135. The van der Waals surface area contributed by atoms with Crippen molar-refractivity contribution in [3.63, 3.8) is 0 Å². The average Bonchev–Trinajstić information content (AvgIpc) is 3.08. The van der Waals surface area contributed by atoms with Gasteiger partial charge in [-0.3, -0.25) is 14.5 Å². The van der Waals surface area contributed by atoms with Crippen LogP contribution in [0.5, 0.6) is 0 Å². The van der Waals surface area contributed by atoms with Crippen molar-refractivity contribution >= 4 is 69.6 Å². The quantitative estimate of drug-likeness (QED) is 0.434. The van der Waals surface area contributed by atoms with E-state index < -0.39 is 23.8 Å². The molecule has 0 atom stereocenters. The van der Waals surface area contributed by atoms with Crippen LogP contribution in [0.3, 0.4) is 0 Å². The molecule has 1 saturated heterocycles. The Balaban J connectivity index is 2.02. The molecule has 3 rings (SSSR count). The van der Waals surface area contributed by atoms with Crippen LogP contribution in [-0.4, -0.2) is 42.6 Å². The Hall–Kier alpha value is -3.14. The molecule has 0 bridgehead atoms. The number of hydrogen-bond donors (Lipinski definition) is 0. The van der Waals surface area contributed by atoms with Gasteiger partial charge in [0.1, 0.15) is 0 Å². The fourth-order valence-electron chi connectivity index (χ4n) is 2.71. The van der Waals surface area contributed by atoms with Crippen LogP contribution in [0.15, 0.2) is 58.4 Å². The van der Waals surface area contributed by atoms with Gasteiger partial charge < -0.3 is 9.47 Å². The molecule has 2 aromatic carbocycles. The SMILES string of the molecule is CCOC(=O)c1ccc(N2C(=O)/C(=C/C(=O)OC)SC2=NC(=O)c2ccc(Cl)cc2Cl)cc1. The standard InChI is InChI=1S/C22H16Cl2N2O6S/c1-3-32-21(30)12-4-7-14(8-5-12)26-20(29)17(11-18(27)31-2)33-22(26)25-19(28)15-9-6-13(23)10-16(15)24/h4-11H,3H2,1-2H3/b17-11-,25-22?. The van der Waals surface area contributed by atoms with Crippen molar-refractivity contribution in [2.75, 3.05) is 18.6 Å². The zero-order chi connectivity index (χ0) is 24.1. The monoisotopic (exact) mass is 506 g/mol. The molecule has 1 fully saturated rings. The normalized spacial score (nSPS) is 15.8. The number of halogens is 2. The van der Waals surface area contributed by atoms with Crippen LogP contribution >= 0.6 is 35.0 Å². The van der Waals surface area contributed by atoms with E-state index in [0.717, 1.165) is 22.7 Å². The molecule has 0 spiro atoms. The second-order valence-electron chi connectivity index (χ2n) is 6.37. The molecule has 170 valence electrons. The summed E-state index contributed by atoms with van der Waals surface area (Å²) in [7, 11) is 1.18. The molecule has 0 aliphatic carbocycles. The minimum absolute atomic E-state index is 0.00458. The summed E-state index contributed by atoms with van der Waals surface area (Å²) in [5.74, 6) is -2.56.